The summed E-state index contributed by atoms with van der Waals surface area (Å²) in [5, 5.41) is 4.26. The van der Waals surface area contributed by atoms with E-state index >= 15 is 0 Å². The second kappa shape index (κ2) is 7.26. The van der Waals surface area contributed by atoms with E-state index in [9.17, 15) is 0 Å². The zero-order valence-electron chi connectivity index (χ0n) is 11.4. The molecule has 0 aromatic carbocycles. The Balaban J connectivity index is 1.64. The van der Waals surface area contributed by atoms with Gasteiger partial charge >= 0.3 is 0 Å². The predicted octanol–water partition coefficient (Wildman–Crippen LogP) is 1.07. The highest BCUT2D eigenvalue weighted by Crippen LogP contribution is 2.11. The fourth-order valence-electron chi connectivity index (χ4n) is 2.61. The van der Waals surface area contributed by atoms with Gasteiger partial charge in [-0.15, -0.1) is 0 Å². The number of rotatable bonds is 4. The van der Waals surface area contributed by atoms with E-state index in [1.807, 2.05) is 0 Å². The zero-order chi connectivity index (χ0) is 12.8. The monoisotopic (exact) mass is 271 g/mol. The van der Waals surface area contributed by atoms with Gasteiger partial charge in [-0.25, -0.2) is 0 Å². The van der Waals surface area contributed by atoms with Gasteiger partial charge in [0.05, 0.1) is 6.10 Å². The van der Waals surface area contributed by atoms with E-state index in [1.165, 1.54) is 25.8 Å². The number of hydrogen-bond acceptors (Lipinski definition) is 3. The van der Waals surface area contributed by atoms with Gasteiger partial charge in [0.2, 0.25) is 0 Å². The van der Waals surface area contributed by atoms with Gasteiger partial charge in [0.15, 0.2) is 5.11 Å². The fraction of sp³-hybridized carbons (Fsp3) is 0.923. The summed E-state index contributed by atoms with van der Waals surface area (Å²) in [6.07, 6.45) is 3.96. The molecule has 1 atom stereocenters. The van der Waals surface area contributed by atoms with Crippen LogP contribution in [0.4, 0.5) is 0 Å². The molecule has 2 fully saturated rings. The van der Waals surface area contributed by atoms with E-state index in [-0.39, 0.29) is 0 Å². The summed E-state index contributed by atoms with van der Waals surface area (Å²) in [6, 6.07) is 0. The van der Waals surface area contributed by atoms with Gasteiger partial charge < -0.3 is 15.0 Å². The van der Waals surface area contributed by atoms with E-state index in [4.69, 9.17) is 17.0 Å². The van der Waals surface area contributed by atoms with Gasteiger partial charge in [0.1, 0.15) is 0 Å². The lowest BCUT2D eigenvalue weighted by Crippen LogP contribution is -2.52. The number of ether oxygens (including phenoxy) is 1. The lowest BCUT2D eigenvalue weighted by atomic mass is 10.2. The maximum atomic E-state index is 5.59. The maximum absolute atomic E-state index is 5.59. The van der Waals surface area contributed by atoms with Crippen LogP contribution in [-0.2, 0) is 4.74 Å². The molecule has 1 N–H and O–H groups in total. The molecule has 0 radical (unpaired) electrons. The molecule has 4 nitrogen and oxygen atoms in total. The highest BCUT2D eigenvalue weighted by molar-refractivity contribution is 7.80. The summed E-state index contributed by atoms with van der Waals surface area (Å²) >= 11 is 5.45. The SMILES string of the molecule is CCCN1CCN(C(=S)NC[C@H]2CCCO2)CC1. The molecule has 2 rings (SSSR count). The normalized spacial score (nSPS) is 25.4. The number of thiocarbonyl (C=S) groups is 1. The van der Waals surface area contributed by atoms with Gasteiger partial charge in [-0.2, -0.15) is 0 Å². The van der Waals surface area contributed by atoms with Crippen molar-refractivity contribution in [1.82, 2.24) is 15.1 Å². The molecule has 2 saturated heterocycles. The van der Waals surface area contributed by atoms with Crippen LogP contribution in [-0.4, -0.2) is 66.9 Å². The third-order valence-corrected chi connectivity index (χ3v) is 4.11. The Morgan fingerprint density at radius 2 is 2.11 bits per heavy atom. The summed E-state index contributed by atoms with van der Waals surface area (Å²) in [4.78, 5) is 4.80. The van der Waals surface area contributed by atoms with E-state index in [0.717, 1.165) is 44.4 Å². The second-order valence-electron chi connectivity index (χ2n) is 5.15. The minimum Gasteiger partial charge on any atom is -0.376 e. The van der Waals surface area contributed by atoms with Crippen LogP contribution in [0.1, 0.15) is 26.2 Å². The highest BCUT2D eigenvalue weighted by Gasteiger charge is 2.20. The molecule has 0 aromatic heterocycles. The van der Waals surface area contributed by atoms with Crippen molar-refractivity contribution in [1.29, 1.82) is 0 Å². The molecule has 5 heteroatoms. The van der Waals surface area contributed by atoms with Crippen molar-refractivity contribution in [3.63, 3.8) is 0 Å². The molecule has 0 bridgehead atoms. The van der Waals surface area contributed by atoms with E-state index in [0.29, 0.717) is 6.10 Å². The number of nitrogens with one attached hydrogen (secondary N) is 1. The molecule has 2 aliphatic rings. The van der Waals surface area contributed by atoms with Crippen LogP contribution in [0.3, 0.4) is 0 Å². The molecule has 104 valence electrons. The summed E-state index contributed by atoms with van der Waals surface area (Å²) in [5.74, 6) is 0. The van der Waals surface area contributed by atoms with Gasteiger partial charge in [-0.05, 0) is 38.0 Å². The van der Waals surface area contributed by atoms with Gasteiger partial charge in [0.25, 0.3) is 0 Å². The minimum absolute atomic E-state index is 0.365. The largest absolute Gasteiger partial charge is 0.376 e. The first kappa shape index (κ1) is 14.0. The number of nitrogens with zero attached hydrogens (tertiary/aromatic N) is 2. The van der Waals surface area contributed by atoms with E-state index in [1.54, 1.807) is 0 Å². The van der Waals surface area contributed by atoms with Crippen LogP contribution < -0.4 is 5.32 Å². The van der Waals surface area contributed by atoms with Crippen molar-refractivity contribution in [3.05, 3.63) is 0 Å². The Kier molecular flexibility index (Phi) is 5.66. The Labute approximate surface area is 116 Å². The van der Waals surface area contributed by atoms with Crippen molar-refractivity contribution < 1.29 is 4.74 Å². The van der Waals surface area contributed by atoms with Crippen LogP contribution in [0.15, 0.2) is 0 Å². The van der Waals surface area contributed by atoms with E-state index in [2.05, 4.69) is 22.0 Å². The molecule has 0 saturated carbocycles. The maximum Gasteiger partial charge on any atom is 0.169 e. The van der Waals surface area contributed by atoms with Gasteiger partial charge in [-0.3, -0.25) is 4.90 Å². The Hall–Kier alpha value is -0.390. The quantitative estimate of drug-likeness (QED) is 0.772. The summed E-state index contributed by atoms with van der Waals surface area (Å²) in [7, 11) is 0. The van der Waals surface area contributed by atoms with Crippen molar-refractivity contribution in [2.75, 3.05) is 45.9 Å². The fourth-order valence-corrected chi connectivity index (χ4v) is 2.87. The third kappa shape index (κ3) is 4.07. The van der Waals surface area contributed by atoms with Gasteiger partial charge in [0, 0.05) is 39.3 Å². The van der Waals surface area contributed by atoms with Crippen molar-refractivity contribution in [2.24, 2.45) is 0 Å². The Morgan fingerprint density at radius 3 is 2.72 bits per heavy atom. The first-order valence-electron chi connectivity index (χ1n) is 7.16. The van der Waals surface area contributed by atoms with Crippen LogP contribution in [0, 0.1) is 0 Å². The minimum atomic E-state index is 0.365. The summed E-state index contributed by atoms with van der Waals surface area (Å²) < 4.78 is 5.59. The molecule has 0 aromatic rings. The Morgan fingerprint density at radius 1 is 1.33 bits per heavy atom. The second-order valence-corrected chi connectivity index (χ2v) is 5.54. The van der Waals surface area contributed by atoms with Crippen molar-refractivity contribution >= 4 is 17.3 Å². The molecule has 0 aliphatic carbocycles. The first-order chi connectivity index (χ1) is 8.79. The van der Waals surface area contributed by atoms with Crippen molar-refractivity contribution in [2.45, 2.75) is 32.3 Å². The molecular weight excluding hydrogens is 246 g/mol. The van der Waals surface area contributed by atoms with E-state index < -0.39 is 0 Å². The van der Waals surface area contributed by atoms with Crippen LogP contribution in [0.25, 0.3) is 0 Å². The molecule has 0 unspecified atom stereocenters. The van der Waals surface area contributed by atoms with Crippen LogP contribution >= 0.6 is 12.2 Å². The third-order valence-electron chi connectivity index (χ3n) is 3.70. The van der Waals surface area contributed by atoms with Crippen LogP contribution in [0.2, 0.25) is 0 Å². The average Bonchev–Trinajstić information content (AvgIpc) is 2.90. The predicted molar refractivity (Wildman–Crippen MR) is 77.9 cm³/mol. The zero-order valence-corrected chi connectivity index (χ0v) is 12.2. The molecule has 2 heterocycles. The summed E-state index contributed by atoms with van der Waals surface area (Å²) in [6.45, 7) is 9.60. The smallest absolute Gasteiger partial charge is 0.169 e. The summed E-state index contributed by atoms with van der Waals surface area (Å²) in [5.41, 5.74) is 0. The molecular formula is C13H25N3OS. The highest BCUT2D eigenvalue weighted by atomic mass is 32.1. The lowest BCUT2D eigenvalue weighted by molar-refractivity contribution is 0.112. The number of piperazine rings is 1. The average molecular weight is 271 g/mol. The van der Waals surface area contributed by atoms with Gasteiger partial charge in [-0.1, -0.05) is 6.92 Å². The van der Waals surface area contributed by atoms with Crippen LogP contribution in [0.5, 0.6) is 0 Å². The molecule has 2 aliphatic heterocycles. The first-order valence-corrected chi connectivity index (χ1v) is 7.57. The lowest BCUT2D eigenvalue weighted by Gasteiger charge is -2.36. The molecule has 0 spiro atoms. The topological polar surface area (TPSA) is 27.7 Å². The Bertz CT molecular complexity index is 261. The van der Waals surface area contributed by atoms with Crippen molar-refractivity contribution in [3.8, 4) is 0 Å². The standard InChI is InChI=1S/C13H25N3OS/c1-2-5-15-6-8-16(9-7-15)13(18)14-11-12-4-3-10-17-12/h12H,2-11H2,1H3,(H,14,18)/t12-/m1/s1. The molecule has 0 amide bonds. The molecule has 18 heavy (non-hydrogen) atoms. The number of hydrogen-bond donors (Lipinski definition) is 1.